The first-order valence-electron chi connectivity index (χ1n) is 11.1. The second-order valence-corrected chi connectivity index (χ2v) is 8.19. The Hall–Kier alpha value is -4.38. The van der Waals surface area contributed by atoms with Crippen LogP contribution in [-0.2, 0) is 6.54 Å². The van der Waals surface area contributed by atoms with Gasteiger partial charge in [0.1, 0.15) is 0 Å². The molecule has 5 heteroatoms. The number of carbonyl (C=O) groups excluding carboxylic acids is 2. The summed E-state index contributed by atoms with van der Waals surface area (Å²) in [6.45, 7) is 0.424. The van der Waals surface area contributed by atoms with Crippen molar-refractivity contribution in [3.63, 3.8) is 0 Å². The molecule has 0 radical (unpaired) electrons. The van der Waals surface area contributed by atoms with E-state index in [1.54, 1.807) is 30.3 Å². The molecule has 0 aliphatic heterocycles. The molecule has 0 saturated heterocycles. The van der Waals surface area contributed by atoms with Gasteiger partial charge in [-0.25, -0.2) is 0 Å². The van der Waals surface area contributed by atoms with Gasteiger partial charge in [0, 0.05) is 43.1 Å². The molecule has 0 atom stereocenters. The lowest BCUT2D eigenvalue weighted by Crippen LogP contribution is -2.23. The fourth-order valence-electron chi connectivity index (χ4n) is 3.68. The van der Waals surface area contributed by atoms with Crippen molar-refractivity contribution >= 4 is 23.2 Å². The number of nitrogens with one attached hydrogen (secondary N) is 2. The van der Waals surface area contributed by atoms with E-state index in [1.807, 2.05) is 91.8 Å². The largest absolute Gasteiger partial charge is 0.378 e. The molecule has 0 bridgehead atoms. The van der Waals surface area contributed by atoms with Gasteiger partial charge in [-0.3, -0.25) is 9.59 Å². The third-order valence-electron chi connectivity index (χ3n) is 5.54. The average Bonchev–Trinajstić information content (AvgIpc) is 2.88. The fourth-order valence-corrected chi connectivity index (χ4v) is 3.68. The van der Waals surface area contributed by atoms with Crippen LogP contribution in [0.25, 0.3) is 11.1 Å². The summed E-state index contributed by atoms with van der Waals surface area (Å²) >= 11 is 0. The van der Waals surface area contributed by atoms with Crippen molar-refractivity contribution in [3.05, 3.63) is 120 Å². The Balaban J connectivity index is 1.44. The van der Waals surface area contributed by atoms with Crippen LogP contribution < -0.4 is 15.5 Å². The molecule has 0 saturated carbocycles. The topological polar surface area (TPSA) is 61.4 Å². The maximum Gasteiger partial charge on any atom is 0.256 e. The smallest absolute Gasteiger partial charge is 0.256 e. The van der Waals surface area contributed by atoms with Crippen LogP contribution in [0.1, 0.15) is 26.3 Å². The van der Waals surface area contributed by atoms with E-state index in [-0.39, 0.29) is 11.8 Å². The van der Waals surface area contributed by atoms with Crippen molar-refractivity contribution < 1.29 is 9.59 Å². The first-order valence-corrected chi connectivity index (χ1v) is 11.1. The van der Waals surface area contributed by atoms with E-state index in [0.29, 0.717) is 23.4 Å². The Morgan fingerprint density at radius 3 is 2.18 bits per heavy atom. The molecular formula is C29H27N3O2. The lowest BCUT2D eigenvalue weighted by Gasteiger charge is -2.13. The number of nitrogens with zero attached hydrogens (tertiary/aromatic N) is 1. The highest BCUT2D eigenvalue weighted by Gasteiger charge is 2.13. The zero-order valence-corrected chi connectivity index (χ0v) is 19.3. The minimum atomic E-state index is -0.224. The number of amides is 2. The van der Waals surface area contributed by atoms with Crippen molar-refractivity contribution in [2.24, 2.45) is 0 Å². The van der Waals surface area contributed by atoms with E-state index in [2.05, 4.69) is 10.6 Å². The molecule has 4 rings (SSSR count). The van der Waals surface area contributed by atoms with Gasteiger partial charge in [-0.2, -0.15) is 0 Å². The van der Waals surface area contributed by atoms with E-state index in [0.717, 1.165) is 22.4 Å². The minimum Gasteiger partial charge on any atom is -0.378 e. The number of anilines is 2. The van der Waals surface area contributed by atoms with Crippen LogP contribution in [0, 0.1) is 0 Å². The molecule has 5 nitrogen and oxygen atoms in total. The summed E-state index contributed by atoms with van der Waals surface area (Å²) in [5.41, 5.74) is 5.57. The standard InChI is InChI=1S/C29H27N3O2/c1-32(2)25-17-15-21(16-18-25)20-30-28(33)23-11-8-12-24(19-23)31-29(34)27-14-7-6-13-26(27)22-9-4-3-5-10-22/h3-19H,20H2,1-2H3,(H,30,33)(H,31,34). The third-order valence-corrected chi connectivity index (χ3v) is 5.54. The summed E-state index contributed by atoms with van der Waals surface area (Å²) < 4.78 is 0. The van der Waals surface area contributed by atoms with Gasteiger partial charge in [-0.05, 0) is 53.1 Å². The minimum absolute atomic E-state index is 0.197. The molecular weight excluding hydrogens is 422 g/mol. The average molecular weight is 450 g/mol. The maximum absolute atomic E-state index is 13.1. The molecule has 0 aliphatic rings. The molecule has 0 spiro atoms. The molecule has 4 aromatic rings. The quantitative estimate of drug-likeness (QED) is 0.386. The number of hydrogen-bond acceptors (Lipinski definition) is 3. The van der Waals surface area contributed by atoms with Gasteiger partial charge < -0.3 is 15.5 Å². The van der Waals surface area contributed by atoms with Gasteiger partial charge in [-0.1, -0.05) is 66.7 Å². The lowest BCUT2D eigenvalue weighted by atomic mass is 9.99. The van der Waals surface area contributed by atoms with Gasteiger partial charge in [0.2, 0.25) is 0 Å². The first-order chi connectivity index (χ1) is 16.5. The molecule has 0 unspecified atom stereocenters. The number of hydrogen-bond donors (Lipinski definition) is 2. The molecule has 0 aliphatic carbocycles. The number of carbonyl (C=O) groups is 2. The normalized spacial score (nSPS) is 10.4. The molecule has 0 aromatic heterocycles. The first kappa shape index (κ1) is 22.8. The van der Waals surface area contributed by atoms with Gasteiger partial charge in [0.25, 0.3) is 11.8 Å². The van der Waals surface area contributed by atoms with Crippen LogP contribution in [0.4, 0.5) is 11.4 Å². The second-order valence-electron chi connectivity index (χ2n) is 8.19. The Kier molecular flexibility index (Phi) is 7.04. The van der Waals surface area contributed by atoms with E-state index in [1.165, 1.54) is 0 Å². The zero-order chi connectivity index (χ0) is 23.9. The monoisotopic (exact) mass is 449 g/mol. The summed E-state index contributed by atoms with van der Waals surface area (Å²) in [6, 6.07) is 32.3. The van der Waals surface area contributed by atoms with Crippen molar-refractivity contribution in [3.8, 4) is 11.1 Å². The van der Waals surface area contributed by atoms with E-state index in [9.17, 15) is 9.59 Å². The Bertz CT molecular complexity index is 1280. The van der Waals surface area contributed by atoms with Crippen LogP contribution in [0.3, 0.4) is 0 Å². The van der Waals surface area contributed by atoms with Gasteiger partial charge in [-0.15, -0.1) is 0 Å². The SMILES string of the molecule is CN(C)c1ccc(CNC(=O)c2cccc(NC(=O)c3ccccc3-c3ccccc3)c2)cc1. The van der Waals surface area contributed by atoms with E-state index in [4.69, 9.17) is 0 Å². The maximum atomic E-state index is 13.1. The summed E-state index contributed by atoms with van der Waals surface area (Å²) in [5.74, 6) is -0.421. The van der Waals surface area contributed by atoms with E-state index < -0.39 is 0 Å². The number of benzene rings is 4. The van der Waals surface area contributed by atoms with Crippen LogP contribution in [0.15, 0.2) is 103 Å². The second kappa shape index (κ2) is 10.5. The van der Waals surface area contributed by atoms with Gasteiger partial charge >= 0.3 is 0 Å². The molecule has 2 N–H and O–H groups in total. The summed E-state index contributed by atoms with van der Waals surface area (Å²) in [7, 11) is 3.98. The van der Waals surface area contributed by atoms with Gasteiger partial charge in [0.15, 0.2) is 0 Å². The zero-order valence-electron chi connectivity index (χ0n) is 19.3. The Morgan fingerprint density at radius 2 is 1.44 bits per heavy atom. The lowest BCUT2D eigenvalue weighted by molar-refractivity contribution is 0.0949. The van der Waals surface area contributed by atoms with Crippen LogP contribution in [0.2, 0.25) is 0 Å². The van der Waals surface area contributed by atoms with Gasteiger partial charge in [0.05, 0.1) is 0 Å². The Morgan fingerprint density at radius 1 is 0.735 bits per heavy atom. The number of rotatable bonds is 7. The molecule has 34 heavy (non-hydrogen) atoms. The highest BCUT2D eigenvalue weighted by Crippen LogP contribution is 2.24. The van der Waals surface area contributed by atoms with E-state index >= 15 is 0 Å². The molecule has 2 amide bonds. The van der Waals surface area contributed by atoms with Crippen LogP contribution >= 0.6 is 0 Å². The molecule has 4 aromatic carbocycles. The summed E-state index contributed by atoms with van der Waals surface area (Å²) in [5, 5.41) is 5.87. The van der Waals surface area contributed by atoms with Crippen molar-refractivity contribution in [2.75, 3.05) is 24.3 Å². The van der Waals surface area contributed by atoms with Crippen molar-refractivity contribution in [1.29, 1.82) is 0 Å². The van der Waals surface area contributed by atoms with Crippen molar-refractivity contribution in [1.82, 2.24) is 5.32 Å². The summed E-state index contributed by atoms with van der Waals surface area (Å²) in [6.07, 6.45) is 0. The predicted octanol–water partition coefficient (Wildman–Crippen LogP) is 5.60. The molecule has 0 fully saturated rings. The molecule has 0 heterocycles. The summed E-state index contributed by atoms with van der Waals surface area (Å²) in [4.78, 5) is 27.8. The highest BCUT2D eigenvalue weighted by molar-refractivity contribution is 6.09. The Labute approximate surface area is 200 Å². The van der Waals surface area contributed by atoms with Crippen LogP contribution in [0.5, 0.6) is 0 Å². The third kappa shape index (κ3) is 5.51. The van der Waals surface area contributed by atoms with Crippen molar-refractivity contribution in [2.45, 2.75) is 6.54 Å². The predicted molar refractivity (Wildman–Crippen MR) is 138 cm³/mol. The van der Waals surface area contributed by atoms with Crippen LogP contribution in [-0.4, -0.2) is 25.9 Å². The fraction of sp³-hybridized carbons (Fsp3) is 0.103. The highest BCUT2D eigenvalue weighted by atomic mass is 16.2. The molecule has 170 valence electrons.